The second-order valence-electron chi connectivity index (χ2n) is 4.23. The minimum absolute atomic E-state index is 0.721. The Hall–Kier alpha value is -0.260. The molecule has 0 aliphatic heterocycles. The Bertz CT molecular complexity index is 131. The van der Waals surface area contributed by atoms with E-state index in [0.717, 1.165) is 11.8 Å². The highest BCUT2D eigenvalue weighted by molar-refractivity contribution is 5.00. The third kappa shape index (κ3) is 5.40. The van der Waals surface area contributed by atoms with Gasteiger partial charge in [-0.05, 0) is 25.2 Å². The van der Waals surface area contributed by atoms with Gasteiger partial charge in [-0.1, -0.05) is 52.2 Å². The van der Waals surface area contributed by atoms with Gasteiger partial charge in [0.15, 0.2) is 0 Å². The lowest BCUT2D eigenvalue weighted by Gasteiger charge is -2.09. The van der Waals surface area contributed by atoms with Gasteiger partial charge in [-0.2, -0.15) is 0 Å². The zero-order valence-electron chi connectivity index (χ0n) is 9.35. The van der Waals surface area contributed by atoms with E-state index in [-0.39, 0.29) is 0 Å². The predicted octanol–water partition coefficient (Wildman–Crippen LogP) is 4.42. The van der Waals surface area contributed by atoms with E-state index in [1.807, 2.05) is 0 Å². The molecule has 0 aromatic heterocycles. The fourth-order valence-electron chi connectivity index (χ4n) is 1.23. The highest BCUT2D eigenvalue weighted by Crippen LogP contribution is 2.15. The van der Waals surface area contributed by atoms with Crippen molar-refractivity contribution in [2.45, 2.75) is 53.9 Å². The third-order valence-electron chi connectivity index (χ3n) is 2.53. The SMILES string of the molecule is CCCC(C)CC=C(C)C(C)C. The van der Waals surface area contributed by atoms with Crippen LogP contribution in [0.2, 0.25) is 0 Å². The van der Waals surface area contributed by atoms with Crippen LogP contribution in [0.25, 0.3) is 0 Å². The number of allylic oxidation sites excluding steroid dienone is 2. The Labute approximate surface area is 78.1 Å². The fraction of sp³-hybridized carbons (Fsp3) is 0.833. The lowest BCUT2D eigenvalue weighted by molar-refractivity contribution is 0.528. The maximum Gasteiger partial charge on any atom is -0.0263 e. The van der Waals surface area contributed by atoms with E-state index >= 15 is 0 Å². The molecule has 0 aromatic rings. The van der Waals surface area contributed by atoms with Crippen LogP contribution < -0.4 is 0 Å². The topological polar surface area (TPSA) is 0 Å². The molecular weight excluding hydrogens is 144 g/mol. The minimum atomic E-state index is 0.721. The number of rotatable bonds is 5. The van der Waals surface area contributed by atoms with Crippen LogP contribution in [0.15, 0.2) is 11.6 Å². The van der Waals surface area contributed by atoms with E-state index in [9.17, 15) is 0 Å². The summed E-state index contributed by atoms with van der Waals surface area (Å²) in [4.78, 5) is 0. The van der Waals surface area contributed by atoms with Gasteiger partial charge in [0, 0.05) is 0 Å². The van der Waals surface area contributed by atoms with Crippen LogP contribution in [0, 0.1) is 11.8 Å². The molecule has 0 heterocycles. The first-order valence-corrected chi connectivity index (χ1v) is 5.24. The predicted molar refractivity (Wildman–Crippen MR) is 57.3 cm³/mol. The quantitative estimate of drug-likeness (QED) is 0.533. The van der Waals surface area contributed by atoms with Crippen LogP contribution in [0.3, 0.4) is 0 Å². The molecule has 0 aliphatic rings. The molecule has 0 bridgehead atoms. The van der Waals surface area contributed by atoms with Gasteiger partial charge in [0.2, 0.25) is 0 Å². The molecule has 0 heteroatoms. The van der Waals surface area contributed by atoms with Crippen molar-refractivity contribution in [3.05, 3.63) is 11.6 Å². The molecule has 0 saturated heterocycles. The third-order valence-corrected chi connectivity index (χ3v) is 2.53. The van der Waals surface area contributed by atoms with Gasteiger partial charge >= 0.3 is 0 Å². The minimum Gasteiger partial charge on any atom is -0.0851 e. The summed E-state index contributed by atoms with van der Waals surface area (Å²) in [6, 6.07) is 0. The molecule has 0 spiro atoms. The monoisotopic (exact) mass is 168 g/mol. The van der Waals surface area contributed by atoms with E-state index < -0.39 is 0 Å². The van der Waals surface area contributed by atoms with Crippen LogP contribution in [-0.2, 0) is 0 Å². The first kappa shape index (κ1) is 11.7. The average Bonchev–Trinajstić information content (AvgIpc) is 2.00. The Balaban J connectivity index is 3.71. The molecule has 0 saturated carbocycles. The Morgan fingerprint density at radius 2 is 1.83 bits per heavy atom. The lowest BCUT2D eigenvalue weighted by Crippen LogP contribution is -1.94. The van der Waals surface area contributed by atoms with Crippen LogP contribution >= 0.6 is 0 Å². The molecular formula is C12H24. The second-order valence-corrected chi connectivity index (χ2v) is 4.23. The summed E-state index contributed by atoms with van der Waals surface area (Å²) in [6.45, 7) is 11.4. The molecule has 0 amide bonds. The maximum absolute atomic E-state index is 2.41. The largest absolute Gasteiger partial charge is 0.0851 e. The molecule has 12 heavy (non-hydrogen) atoms. The van der Waals surface area contributed by atoms with Gasteiger partial charge in [-0.15, -0.1) is 0 Å². The van der Waals surface area contributed by atoms with E-state index in [1.54, 1.807) is 0 Å². The van der Waals surface area contributed by atoms with Crippen LogP contribution in [0.1, 0.15) is 53.9 Å². The molecule has 0 aromatic carbocycles. The van der Waals surface area contributed by atoms with Crippen molar-refractivity contribution in [3.63, 3.8) is 0 Å². The fourth-order valence-corrected chi connectivity index (χ4v) is 1.23. The highest BCUT2D eigenvalue weighted by atomic mass is 14.1. The van der Waals surface area contributed by atoms with Gasteiger partial charge in [0.1, 0.15) is 0 Å². The van der Waals surface area contributed by atoms with Crippen LogP contribution in [0.5, 0.6) is 0 Å². The van der Waals surface area contributed by atoms with Crippen molar-refractivity contribution in [1.82, 2.24) is 0 Å². The summed E-state index contributed by atoms with van der Waals surface area (Å²) in [5.74, 6) is 1.59. The van der Waals surface area contributed by atoms with Crippen molar-refractivity contribution >= 4 is 0 Å². The summed E-state index contributed by atoms with van der Waals surface area (Å²) in [5.41, 5.74) is 1.54. The second kappa shape index (κ2) is 6.28. The number of hydrogen-bond acceptors (Lipinski definition) is 0. The summed E-state index contributed by atoms with van der Waals surface area (Å²) < 4.78 is 0. The normalized spacial score (nSPS) is 15.3. The van der Waals surface area contributed by atoms with E-state index in [4.69, 9.17) is 0 Å². The molecule has 72 valence electrons. The molecule has 1 unspecified atom stereocenters. The molecule has 0 N–H and O–H groups in total. The zero-order valence-corrected chi connectivity index (χ0v) is 9.35. The van der Waals surface area contributed by atoms with Gasteiger partial charge in [0.25, 0.3) is 0 Å². The zero-order chi connectivity index (χ0) is 9.56. The number of hydrogen-bond donors (Lipinski definition) is 0. The van der Waals surface area contributed by atoms with Crippen molar-refractivity contribution < 1.29 is 0 Å². The standard InChI is InChI=1S/C12H24/c1-6-7-11(4)8-9-12(5)10(2)3/h9-11H,6-8H2,1-5H3. The smallest absolute Gasteiger partial charge is 0.0263 e. The van der Waals surface area contributed by atoms with Gasteiger partial charge in [0.05, 0.1) is 0 Å². The van der Waals surface area contributed by atoms with E-state index in [1.165, 1.54) is 24.8 Å². The van der Waals surface area contributed by atoms with Crippen molar-refractivity contribution in [3.8, 4) is 0 Å². The molecule has 0 aliphatic carbocycles. The molecule has 0 nitrogen and oxygen atoms in total. The summed E-state index contributed by atoms with van der Waals surface area (Å²) in [5, 5.41) is 0. The summed E-state index contributed by atoms with van der Waals surface area (Å²) in [7, 11) is 0. The van der Waals surface area contributed by atoms with Crippen LogP contribution in [0.4, 0.5) is 0 Å². The molecule has 0 fully saturated rings. The van der Waals surface area contributed by atoms with Crippen molar-refractivity contribution in [2.75, 3.05) is 0 Å². The van der Waals surface area contributed by atoms with E-state index in [2.05, 4.69) is 40.7 Å². The van der Waals surface area contributed by atoms with Crippen molar-refractivity contribution in [2.24, 2.45) is 11.8 Å². The Kier molecular flexibility index (Phi) is 6.14. The van der Waals surface area contributed by atoms with Gasteiger partial charge in [-0.3, -0.25) is 0 Å². The highest BCUT2D eigenvalue weighted by Gasteiger charge is 1.99. The summed E-state index contributed by atoms with van der Waals surface area (Å²) in [6.07, 6.45) is 6.35. The van der Waals surface area contributed by atoms with Crippen molar-refractivity contribution in [1.29, 1.82) is 0 Å². The Morgan fingerprint density at radius 3 is 2.25 bits per heavy atom. The maximum atomic E-state index is 2.41. The first-order valence-electron chi connectivity index (χ1n) is 5.24. The first-order chi connectivity index (χ1) is 5.57. The molecule has 0 radical (unpaired) electrons. The van der Waals surface area contributed by atoms with E-state index in [0.29, 0.717) is 0 Å². The van der Waals surface area contributed by atoms with Gasteiger partial charge < -0.3 is 0 Å². The summed E-state index contributed by atoms with van der Waals surface area (Å²) >= 11 is 0. The molecule has 0 rings (SSSR count). The van der Waals surface area contributed by atoms with Gasteiger partial charge in [-0.25, -0.2) is 0 Å². The Morgan fingerprint density at radius 1 is 1.25 bits per heavy atom. The average molecular weight is 168 g/mol. The lowest BCUT2D eigenvalue weighted by atomic mass is 9.97. The van der Waals surface area contributed by atoms with Crippen LogP contribution in [-0.4, -0.2) is 0 Å². The molecule has 1 atom stereocenters.